The summed E-state index contributed by atoms with van der Waals surface area (Å²) in [7, 11) is 0. The van der Waals surface area contributed by atoms with Crippen molar-refractivity contribution >= 4 is 11.8 Å². The molecule has 1 heterocycles. The van der Waals surface area contributed by atoms with Crippen molar-refractivity contribution in [2.75, 3.05) is 19.0 Å². The average molecular weight is 293 g/mol. The lowest BCUT2D eigenvalue weighted by molar-refractivity contribution is 0.169. The van der Waals surface area contributed by atoms with E-state index in [0.29, 0.717) is 12.5 Å². The van der Waals surface area contributed by atoms with Crippen molar-refractivity contribution in [1.29, 1.82) is 0 Å². The minimum Gasteiger partial charge on any atom is -0.366 e. The molecule has 1 aromatic carbocycles. The smallest absolute Gasteiger partial charge is 0.211 e. The molecule has 0 aliphatic carbocycles. The van der Waals surface area contributed by atoms with E-state index in [0.717, 1.165) is 24.8 Å². The molecule has 20 heavy (non-hydrogen) atoms. The number of rotatable bonds is 9. The number of hydrogen-bond donors (Lipinski definition) is 1. The quantitative estimate of drug-likeness (QED) is 0.430. The number of thioether (sulfide) groups is 1. The van der Waals surface area contributed by atoms with Crippen molar-refractivity contribution in [2.45, 2.75) is 25.2 Å². The summed E-state index contributed by atoms with van der Waals surface area (Å²) >= 11 is 1.51. The Morgan fingerprint density at radius 1 is 1.30 bits per heavy atom. The van der Waals surface area contributed by atoms with Crippen LogP contribution < -0.4 is 5.32 Å². The molecule has 1 aromatic heterocycles. The van der Waals surface area contributed by atoms with Gasteiger partial charge in [0.15, 0.2) is 0 Å². The maximum Gasteiger partial charge on any atom is 0.211 e. The third kappa shape index (κ3) is 4.92. The van der Waals surface area contributed by atoms with E-state index in [9.17, 15) is 0 Å². The standard InChI is InChI=1S/C13H19N5OS/c1-2-14-8-9-18-13(15-16-17-18)20-11-19-10-12-6-4-3-5-7-12/h3-7,14H,2,8-11H2,1H3. The van der Waals surface area contributed by atoms with Crippen LogP contribution in [0.4, 0.5) is 0 Å². The summed E-state index contributed by atoms with van der Waals surface area (Å²) in [5, 5.41) is 15.7. The Kier molecular flexibility index (Phi) is 6.49. The van der Waals surface area contributed by atoms with Crippen molar-refractivity contribution in [3.63, 3.8) is 0 Å². The van der Waals surface area contributed by atoms with E-state index in [1.807, 2.05) is 30.3 Å². The van der Waals surface area contributed by atoms with Crippen LogP contribution in [0.15, 0.2) is 35.5 Å². The maximum atomic E-state index is 5.61. The number of tetrazole rings is 1. The molecule has 0 fully saturated rings. The predicted molar refractivity (Wildman–Crippen MR) is 78.3 cm³/mol. The van der Waals surface area contributed by atoms with Gasteiger partial charge in [0.25, 0.3) is 0 Å². The Labute approximate surface area is 122 Å². The molecule has 108 valence electrons. The summed E-state index contributed by atoms with van der Waals surface area (Å²) in [6.07, 6.45) is 0. The molecule has 6 nitrogen and oxygen atoms in total. The number of likely N-dealkylation sites (N-methyl/N-ethyl adjacent to an activating group) is 1. The monoisotopic (exact) mass is 293 g/mol. The van der Waals surface area contributed by atoms with Crippen LogP contribution in [0.2, 0.25) is 0 Å². The molecule has 0 radical (unpaired) electrons. The second-order valence-corrected chi connectivity index (χ2v) is 5.02. The highest BCUT2D eigenvalue weighted by Crippen LogP contribution is 2.14. The summed E-state index contributed by atoms with van der Waals surface area (Å²) < 4.78 is 7.40. The molecule has 1 N–H and O–H groups in total. The predicted octanol–water partition coefficient (Wildman–Crippen LogP) is 1.55. The lowest BCUT2D eigenvalue weighted by atomic mass is 10.2. The zero-order valence-corrected chi connectivity index (χ0v) is 12.3. The number of benzene rings is 1. The molecular weight excluding hydrogens is 274 g/mol. The molecular formula is C13H19N5OS. The first-order valence-electron chi connectivity index (χ1n) is 6.61. The van der Waals surface area contributed by atoms with Gasteiger partial charge in [-0.1, -0.05) is 49.0 Å². The molecule has 2 rings (SSSR count). The highest BCUT2D eigenvalue weighted by molar-refractivity contribution is 7.99. The van der Waals surface area contributed by atoms with E-state index in [4.69, 9.17) is 4.74 Å². The molecule has 0 saturated carbocycles. The fourth-order valence-electron chi connectivity index (χ4n) is 1.63. The number of aromatic nitrogens is 4. The number of nitrogens with one attached hydrogen (secondary N) is 1. The number of hydrogen-bond acceptors (Lipinski definition) is 6. The molecule has 0 saturated heterocycles. The molecule has 0 atom stereocenters. The van der Waals surface area contributed by atoms with E-state index < -0.39 is 0 Å². The van der Waals surface area contributed by atoms with E-state index in [-0.39, 0.29) is 0 Å². The van der Waals surface area contributed by atoms with Crippen LogP contribution in [0.3, 0.4) is 0 Å². The normalized spacial score (nSPS) is 10.8. The molecule has 0 aliphatic heterocycles. The van der Waals surface area contributed by atoms with Gasteiger partial charge >= 0.3 is 0 Å². The summed E-state index contributed by atoms with van der Waals surface area (Å²) in [4.78, 5) is 0. The van der Waals surface area contributed by atoms with Crippen LogP contribution in [0.5, 0.6) is 0 Å². The van der Waals surface area contributed by atoms with Gasteiger partial charge in [-0.25, -0.2) is 4.68 Å². The zero-order chi connectivity index (χ0) is 14.0. The Bertz CT molecular complexity index is 491. The van der Waals surface area contributed by atoms with Gasteiger partial charge in [0.05, 0.1) is 13.2 Å². The van der Waals surface area contributed by atoms with Gasteiger partial charge in [-0.2, -0.15) is 0 Å². The molecule has 0 amide bonds. The highest BCUT2D eigenvalue weighted by atomic mass is 32.2. The average Bonchev–Trinajstić information content (AvgIpc) is 2.93. The molecule has 2 aromatic rings. The maximum absolute atomic E-state index is 5.61. The van der Waals surface area contributed by atoms with Crippen LogP contribution in [-0.2, 0) is 17.9 Å². The van der Waals surface area contributed by atoms with E-state index >= 15 is 0 Å². The summed E-state index contributed by atoms with van der Waals surface area (Å²) in [5.41, 5.74) is 1.17. The van der Waals surface area contributed by atoms with Gasteiger partial charge in [0, 0.05) is 6.54 Å². The van der Waals surface area contributed by atoms with Crippen molar-refractivity contribution < 1.29 is 4.74 Å². The van der Waals surface area contributed by atoms with Gasteiger partial charge in [-0.15, -0.1) is 5.10 Å². The van der Waals surface area contributed by atoms with Gasteiger partial charge < -0.3 is 10.1 Å². The lowest BCUT2D eigenvalue weighted by Crippen LogP contribution is -2.20. The van der Waals surface area contributed by atoms with Crippen LogP contribution in [0, 0.1) is 0 Å². The summed E-state index contributed by atoms with van der Waals surface area (Å²) in [6, 6.07) is 10.1. The van der Waals surface area contributed by atoms with E-state index in [2.05, 4.69) is 27.8 Å². The third-order valence-corrected chi connectivity index (χ3v) is 3.47. The summed E-state index contributed by atoms with van der Waals surface area (Å²) in [6.45, 7) is 5.26. The van der Waals surface area contributed by atoms with Gasteiger partial charge in [-0.05, 0) is 22.5 Å². The van der Waals surface area contributed by atoms with Crippen molar-refractivity contribution in [3.05, 3.63) is 35.9 Å². The van der Waals surface area contributed by atoms with Gasteiger partial charge in [0.2, 0.25) is 5.16 Å². The first-order chi connectivity index (χ1) is 9.90. The van der Waals surface area contributed by atoms with Gasteiger partial charge in [0.1, 0.15) is 5.94 Å². The SMILES string of the molecule is CCNCCn1nnnc1SCOCc1ccccc1. The van der Waals surface area contributed by atoms with Crippen molar-refractivity contribution in [2.24, 2.45) is 0 Å². The fourth-order valence-corrected chi connectivity index (χ4v) is 2.27. The van der Waals surface area contributed by atoms with E-state index in [1.165, 1.54) is 17.3 Å². The van der Waals surface area contributed by atoms with Crippen LogP contribution in [0.25, 0.3) is 0 Å². The first-order valence-corrected chi connectivity index (χ1v) is 7.60. The number of nitrogens with zero attached hydrogens (tertiary/aromatic N) is 4. The molecule has 0 spiro atoms. The summed E-state index contributed by atoms with van der Waals surface area (Å²) in [5.74, 6) is 0.538. The Hall–Kier alpha value is -1.44. The Balaban J connectivity index is 1.70. The van der Waals surface area contributed by atoms with Crippen LogP contribution >= 0.6 is 11.8 Å². The van der Waals surface area contributed by atoms with Gasteiger partial charge in [-0.3, -0.25) is 0 Å². The minimum absolute atomic E-state index is 0.538. The largest absolute Gasteiger partial charge is 0.366 e. The Morgan fingerprint density at radius 3 is 2.95 bits per heavy atom. The Morgan fingerprint density at radius 2 is 2.15 bits per heavy atom. The second-order valence-electron chi connectivity index (χ2n) is 4.13. The lowest BCUT2D eigenvalue weighted by Gasteiger charge is -2.05. The highest BCUT2D eigenvalue weighted by Gasteiger charge is 2.06. The van der Waals surface area contributed by atoms with E-state index in [1.54, 1.807) is 4.68 Å². The van der Waals surface area contributed by atoms with Crippen molar-refractivity contribution in [3.8, 4) is 0 Å². The number of ether oxygens (including phenoxy) is 1. The zero-order valence-electron chi connectivity index (χ0n) is 11.5. The second kappa shape index (κ2) is 8.68. The fraction of sp³-hybridized carbons (Fsp3) is 0.462. The molecule has 0 bridgehead atoms. The molecule has 0 aliphatic rings. The van der Waals surface area contributed by atoms with Crippen LogP contribution in [0.1, 0.15) is 12.5 Å². The van der Waals surface area contributed by atoms with Crippen molar-refractivity contribution in [1.82, 2.24) is 25.5 Å². The minimum atomic E-state index is 0.538. The molecule has 0 unspecified atom stereocenters. The first kappa shape index (κ1) is 15.0. The van der Waals surface area contributed by atoms with Crippen LogP contribution in [-0.4, -0.2) is 39.2 Å². The topological polar surface area (TPSA) is 64.9 Å². The molecule has 7 heteroatoms. The third-order valence-electron chi connectivity index (χ3n) is 2.63.